The van der Waals surface area contributed by atoms with E-state index in [0.29, 0.717) is 6.04 Å². The maximum atomic E-state index is 5.53. The number of aromatic nitrogens is 3. The Morgan fingerprint density at radius 2 is 2.16 bits per heavy atom. The van der Waals surface area contributed by atoms with Crippen molar-refractivity contribution in [3.8, 4) is 0 Å². The van der Waals surface area contributed by atoms with Crippen LogP contribution in [0.4, 0.5) is 5.82 Å². The van der Waals surface area contributed by atoms with E-state index in [1.165, 1.54) is 33.3 Å². The Hall–Kier alpha value is -1.57. The molecule has 0 bridgehead atoms. The summed E-state index contributed by atoms with van der Waals surface area (Å²) in [4.78, 5) is 10.9. The lowest BCUT2D eigenvalue weighted by atomic mass is 10.1. The van der Waals surface area contributed by atoms with Crippen molar-refractivity contribution >= 4 is 17.2 Å². The van der Waals surface area contributed by atoms with Crippen LogP contribution in [0, 0.1) is 0 Å². The third-order valence-electron chi connectivity index (χ3n) is 5.54. The summed E-state index contributed by atoms with van der Waals surface area (Å²) in [6.07, 6.45) is 4.44. The van der Waals surface area contributed by atoms with Crippen LogP contribution in [0.1, 0.15) is 33.3 Å². The monoisotopic (exact) mass is 357 g/mol. The quantitative estimate of drug-likeness (QED) is 0.832. The van der Waals surface area contributed by atoms with Crippen molar-refractivity contribution in [1.29, 1.82) is 0 Å². The van der Waals surface area contributed by atoms with Crippen molar-refractivity contribution in [2.24, 2.45) is 0 Å². The molecular weight excluding hydrogens is 334 g/mol. The molecule has 3 aliphatic rings. The molecule has 2 aliphatic heterocycles. The van der Waals surface area contributed by atoms with E-state index >= 15 is 0 Å². The molecule has 0 radical (unpaired) electrons. The summed E-state index contributed by atoms with van der Waals surface area (Å²) in [6, 6.07) is 2.81. The second kappa shape index (κ2) is 6.30. The molecule has 0 spiro atoms. The zero-order chi connectivity index (χ0) is 16.8. The van der Waals surface area contributed by atoms with Gasteiger partial charge in [-0.05, 0) is 37.9 Å². The van der Waals surface area contributed by atoms with E-state index in [9.17, 15) is 0 Å². The first-order valence-electron chi connectivity index (χ1n) is 9.12. The van der Waals surface area contributed by atoms with Gasteiger partial charge in [0.15, 0.2) is 5.82 Å². The highest BCUT2D eigenvalue weighted by atomic mass is 32.1. The molecule has 0 saturated carbocycles. The number of thiazole rings is 1. The fraction of sp³-hybridized carbons (Fsp3) is 0.611. The third kappa shape index (κ3) is 2.94. The van der Waals surface area contributed by atoms with Crippen molar-refractivity contribution in [1.82, 2.24) is 20.1 Å². The Kier molecular flexibility index (Phi) is 3.95. The highest BCUT2D eigenvalue weighted by Crippen LogP contribution is 2.28. The van der Waals surface area contributed by atoms with Gasteiger partial charge in [-0.25, -0.2) is 4.98 Å². The number of hydrogen-bond acceptors (Lipinski definition) is 7. The van der Waals surface area contributed by atoms with Gasteiger partial charge in [0.05, 0.1) is 36.0 Å². The lowest BCUT2D eigenvalue weighted by Gasteiger charge is -2.44. The van der Waals surface area contributed by atoms with Crippen molar-refractivity contribution in [3.05, 3.63) is 32.9 Å². The number of likely N-dealkylation sites (N-methyl/N-ethyl adjacent to an activating group) is 1. The van der Waals surface area contributed by atoms with Gasteiger partial charge in [0.2, 0.25) is 0 Å². The Morgan fingerprint density at radius 1 is 1.24 bits per heavy atom. The molecule has 7 heteroatoms. The van der Waals surface area contributed by atoms with Crippen LogP contribution in [0.25, 0.3) is 0 Å². The van der Waals surface area contributed by atoms with Gasteiger partial charge in [-0.3, -0.25) is 4.90 Å². The van der Waals surface area contributed by atoms with Gasteiger partial charge in [-0.15, -0.1) is 16.4 Å². The highest BCUT2D eigenvalue weighted by Gasteiger charge is 2.32. The summed E-state index contributed by atoms with van der Waals surface area (Å²) in [5.41, 5.74) is 3.86. The number of hydrogen-bond donors (Lipinski definition) is 0. The highest BCUT2D eigenvalue weighted by molar-refractivity contribution is 7.11. The van der Waals surface area contributed by atoms with Gasteiger partial charge in [-0.2, -0.15) is 5.10 Å². The van der Waals surface area contributed by atoms with Gasteiger partial charge in [0.25, 0.3) is 0 Å². The molecule has 25 heavy (non-hydrogen) atoms. The van der Waals surface area contributed by atoms with Crippen LogP contribution in [0.2, 0.25) is 0 Å². The van der Waals surface area contributed by atoms with Gasteiger partial charge in [-0.1, -0.05) is 0 Å². The Bertz CT molecular complexity index is 762. The Balaban J connectivity index is 1.19. The van der Waals surface area contributed by atoms with E-state index in [-0.39, 0.29) is 0 Å². The second-order valence-corrected chi connectivity index (χ2v) is 8.45. The first kappa shape index (κ1) is 15.7. The van der Waals surface area contributed by atoms with E-state index in [1.807, 2.05) is 11.3 Å². The average Bonchev–Trinajstić information content (AvgIpc) is 3.18. The average molecular weight is 357 g/mol. The molecule has 0 atom stereocenters. The number of aryl methyl sites for hydroxylation is 2. The van der Waals surface area contributed by atoms with E-state index in [1.54, 1.807) is 0 Å². The van der Waals surface area contributed by atoms with Crippen molar-refractivity contribution in [3.63, 3.8) is 0 Å². The zero-order valence-electron chi connectivity index (χ0n) is 14.6. The first-order valence-corrected chi connectivity index (χ1v) is 9.94. The third-order valence-corrected chi connectivity index (χ3v) is 6.60. The molecule has 2 aromatic rings. The molecule has 5 rings (SSSR count). The number of rotatable bonds is 4. The van der Waals surface area contributed by atoms with Gasteiger partial charge < -0.3 is 9.64 Å². The van der Waals surface area contributed by atoms with E-state index in [4.69, 9.17) is 9.72 Å². The van der Waals surface area contributed by atoms with Crippen LogP contribution < -0.4 is 4.90 Å². The molecule has 1 aliphatic carbocycles. The molecule has 0 amide bonds. The topological polar surface area (TPSA) is 54.4 Å². The molecule has 132 valence electrons. The van der Waals surface area contributed by atoms with Crippen LogP contribution in [0.15, 0.2) is 6.07 Å². The zero-order valence-corrected chi connectivity index (χ0v) is 15.4. The van der Waals surface area contributed by atoms with Crippen molar-refractivity contribution < 1.29 is 4.74 Å². The predicted octanol–water partition coefficient (Wildman–Crippen LogP) is 1.82. The fourth-order valence-corrected chi connectivity index (χ4v) is 5.00. The van der Waals surface area contributed by atoms with Gasteiger partial charge in [0, 0.05) is 25.6 Å². The van der Waals surface area contributed by atoms with E-state index in [2.05, 4.69) is 33.1 Å². The Labute approximate surface area is 151 Å². The van der Waals surface area contributed by atoms with Crippen LogP contribution >= 0.6 is 11.3 Å². The lowest BCUT2D eigenvalue weighted by Crippen LogP contribution is -2.58. The molecule has 6 nitrogen and oxygen atoms in total. The van der Waals surface area contributed by atoms with Gasteiger partial charge >= 0.3 is 0 Å². The fourth-order valence-electron chi connectivity index (χ4n) is 3.88. The summed E-state index contributed by atoms with van der Waals surface area (Å²) >= 11 is 1.81. The SMILES string of the molecule is CN(Cc1nc2c(s1)COCC2)C1CN(c2cc3c(nn2)CCC3)C1. The van der Waals surface area contributed by atoms with E-state index in [0.717, 1.165) is 57.9 Å². The number of anilines is 1. The molecule has 0 aromatic carbocycles. The summed E-state index contributed by atoms with van der Waals surface area (Å²) < 4.78 is 5.53. The first-order chi connectivity index (χ1) is 12.3. The normalized spacial score (nSPS) is 19.8. The number of fused-ring (bicyclic) bond motifs is 2. The maximum absolute atomic E-state index is 5.53. The van der Waals surface area contributed by atoms with Gasteiger partial charge in [0.1, 0.15) is 5.01 Å². The molecular formula is C18H23N5OS. The smallest absolute Gasteiger partial charge is 0.151 e. The minimum atomic E-state index is 0.562. The van der Waals surface area contributed by atoms with Crippen molar-refractivity contribution in [2.75, 3.05) is 31.6 Å². The summed E-state index contributed by atoms with van der Waals surface area (Å²) in [5, 5.41) is 10.1. The van der Waals surface area contributed by atoms with E-state index < -0.39 is 0 Å². The summed E-state index contributed by atoms with van der Waals surface area (Å²) in [5.74, 6) is 1.05. The minimum Gasteiger partial charge on any atom is -0.375 e. The maximum Gasteiger partial charge on any atom is 0.151 e. The van der Waals surface area contributed by atoms with Crippen LogP contribution in [-0.2, 0) is 37.2 Å². The predicted molar refractivity (Wildman–Crippen MR) is 97.0 cm³/mol. The van der Waals surface area contributed by atoms with Crippen LogP contribution in [0.3, 0.4) is 0 Å². The standard InChI is InChI=1S/C18H23N5OS/c1-22(10-18-19-15-5-6-24-11-16(15)25-18)13-8-23(9-13)17-7-12-3-2-4-14(12)20-21-17/h7,13H,2-6,8-11H2,1H3. The number of nitrogens with zero attached hydrogens (tertiary/aromatic N) is 5. The molecule has 0 unspecified atom stereocenters. The lowest BCUT2D eigenvalue weighted by molar-refractivity contribution is 0.112. The minimum absolute atomic E-state index is 0.562. The van der Waals surface area contributed by atoms with Crippen LogP contribution in [-0.4, -0.2) is 52.9 Å². The summed E-state index contributed by atoms with van der Waals surface area (Å²) in [7, 11) is 2.20. The molecule has 1 saturated heterocycles. The molecule has 0 N–H and O–H groups in total. The summed E-state index contributed by atoms with van der Waals surface area (Å²) in [6.45, 7) is 4.53. The Morgan fingerprint density at radius 3 is 3.04 bits per heavy atom. The second-order valence-electron chi connectivity index (χ2n) is 7.28. The molecule has 4 heterocycles. The molecule has 1 fully saturated rings. The largest absolute Gasteiger partial charge is 0.375 e. The number of ether oxygens (including phenoxy) is 1. The van der Waals surface area contributed by atoms with Crippen LogP contribution in [0.5, 0.6) is 0 Å². The molecule has 2 aromatic heterocycles. The van der Waals surface area contributed by atoms with Crippen molar-refractivity contribution in [2.45, 2.75) is 44.9 Å².